The molecule has 0 bridgehead atoms. The third-order valence-electron chi connectivity index (χ3n) is 4.62. The summed E-state index contributed by atoms with van der Waals surface area (Å²) < 4.78 is 7.30. The molecule has 0 aliphatic carbocycles. The van der Waals surface area contributed by atoms with Crippen LogP contribution in [0.4, 0.5) is 5.69 Å². The molecule has 0 saturated carbocycles. The molecule has 134 valence electrons. The standard InChI is InChI=1S/C19H26N4O2/c1-13(2)18-16(19(25-4)22(3)21-18)11-20-14-10-17(24)23(12-14)15-8-6-5-7-9-15/h5-9,13-14,20H,10-12H2,1-4H3/t14-/m0/s1. The predicted octanol–water partition coefficient (Wildman–Crippen LogP) is 2.45. The molecular weight excluding hydrogens is 316 g/mol. The molecule has 1 atom stereocenters. The van der Waals surface area contributed by atoms with Crippen molar-refractivity contribution in [3.63, 3.8) is 0 Å². The van der Waals surface area contributed by atoms with E-state index in [2.05, 4.69) is 24.3 Å². The van der Waals surface area contributed by atoms with Crippen molar-refractivity contribution in [3.8, 4) is 5.88 Å². The van der Waals surface area contributed by atoms with E-state index in [1.165, 1.54) is 0 Å². The van der Waals surface area contributed by atoms with E-state index < -0.39 is 0 Å². The van der Waals surface area contributed by atoms with Gasteiger partial charge in [-0.05, 0) is 18.1 Å². The van der Waals surface area contributed by atoms with Gasteiger partial charge in [0.2, 0.25) is 11.8 Å². The van der Waals surface area contributed by atoms with Gasteiger partial charge in [-0.15, -0.1) is 0 Å². The number of ether oxygens (including phenoxy) is 1. The summed E-state index contributed by atoms with van der Waals surface area (Å²) in [6.45, 7) is 5.58. The number of hydrogen-bond acceptors (Lipinski definition) is 4. The summed E-state index contributed by atoms with van der Waals surface area (Å²) in [5.41, 5.74) is 3.07. The number of carbonyl (C=O) groups is 1. The maximum Gasteiger partial charge on any atom is 0.228 e. The Bertz CT molecular complexity index is 739. The van der Waals surface area contributed by atoms with Crippen LogP contribution >= 0.6 is 0 Å². The number of methoxy groups -OCH3 is 1. The first-order chi connectivity index (χ1) is 12.0. The minimum absolute atomic E-state index is 0.123. The highest BCUT2D eigenvalue weighted by Gasteiger charge is 2.31. The van der Waals surface area contributed by atoms with Crippen molar-refractivity contribution in [2.24, 2.45) is 7.05 Å². The zero-order valence-corrected chi connectivity index (χ0v) is 15.3. The largest absolute Gasteiger partial charge is 0.481 e. The summed E-state index contributed by atoms with van der Waals surface area (Å²) in [5.74, 6) is 1.25. The van der Waals surface area contributed by atoms with Crippen LogP contribution in [-0.4, -0.2) is 35.4 Å². The molecule has 0 radical (unpaired) electrons. The van der Waals surface area contributed by atoms with Crippen molar-refractivity contribution in [2.45, 2.75) is 38.8 Å². The molecule has 0 unspecified atom stereocenters. The van der Waals surface area contributed by atoms with Gasteiger partial charge >= 0.3 is 0 Å². The van der Waals surface area contributed by atoms with Crippen molar-refractivity contribution in [2.75, 3.05) is 18.6 Å². The van der Waals surface area contributed by atoms with Gasteiger partial charge in [0.15, 0.2) is 0 Å². The molecular formula is C19H26N4O2. The van der Waals surface area contributed by atoms with E-state index in [-0.39, 0.29) is 11.9 Å². The fraction of sp³-hybridized carbons (Fsp3) is 0.474. The Balaban J connectivity index is 1.70. The Morgan fingerprint density at radius 2 is 2.04 bits per heavy atom. The molecule has 2 aromatic rings. The minimum Gasteiger partial charge on any atom is -0.481 e. The number of carbonyl (C=O) groups excluding carboxylic acids is 1. The van der Waals surface area contributed by atoms with Gasteiger partial charge in [-0.2, -0.15) is 5.10 Å². The van der Waals surface area contributed by atoms with Crippen LogP contribution < -0.4 is 15.0 Å². The van der Waals surface area contributed by atoms with Crippen LogP contribution in [0, 0.1) is 0 Å². The van der Waals surface area contributed by atoms with Crippen LogP contribution in [0.3, 0.4) is 0 Å². The van der Waals surface area contributed by atoms with Crippen LogP contribution in [0.25, 0.3) is 0 Å². The fourth-order valence-electron chi connectivity index (χ4n) is 3.41. The highest BCUT2D eigenvalue weighted by molar-refractivity contribution is 5.96. The summed E-state index contributed by atoms with van der Waals surface area (Å²) in [6.07, 6.45) is 0.508. The van der Waals surface area contributed by atoms with Crippen LogP contribution in [0.1, 0.15) is 37.4 Å². The van der Waals surface area contributed by atoms with Crippen molar-refractivity contribution in [1.82, 2.24) is 15.1 Å². The maximum absolute atomic E-state index is 12.3. The molecule has 1 aliphatic rings. The summed E-state index contributed by atoms with van der Waals surface area (Å²) in [5, 5.41) is 8.09. The van der Waals surface area contributed by atoms with Crippen LogP contribution in [0.5, 0.6) is 5.88 Å². The number of nitrogens with one attached hydrogen (secondary N) is 1. The lowest BCUT2D eigenvalue weighted by molar-refractivity contribution is -0.117. The first-order valence-corrected chi connectivity index (χ1v) is 8.69. The van der Waals surface area contributed by atoms with E-state index in [1.54, 1.807) is 11.8 Å². The van der Waals surface area contributed by atoms with E-state index in [0.717, 1.165) is 22.8 Å². The number of rotatable bonds is 6. The van der Waals surface area contributed by atoms with Crippen molar-refractivity contribution < 1.29 is 9.53 Å². The lowest BCUT2D eigenvalue weighted by Gasteiger charge is -2.17. The van der Waals surface area contributed by atoms with Crippen molar-refractivity contribution in [1.29, 1.82) is 0 Å². The van der Waals surface area contributed by atoms with Crippen molar-refractivity contribution in [3.05, 3.63) is 41.6 Å². The molecule has 1 saturated heterocycles. The number of para-hydroxylation sites is 1. The van der Waals surface area contributed by atoms with Crippen LogP contribution in [-0.2, 0) is 18.4 Å². The smallest absolute Gasteiger partial charge is 0.228 e. The first-order valence-electron chi connectivity index (χ1n) is 8.69. The third-order valence-corrected chi connectivity index (χ3v) is 4.62. The maximum atomic E-state index is 12.3. The van der Waals surface area contributed by atoms with Gasteiger partial charge in [0.25, 0.3) is 0 Å². The van der Waals surface area contributed by atoms with Gasteiger partial charge in [-0.1, -0.05) is 32.0 Å². The van der Waals surface area contributed by atoms with Crippen LogP contribution in [0.15, 0.2) is 30.3 Å². The average Bonchev–Trinajstić information content (AvgIpc) is 3.13. The molecule has 1 fully saturated rings. The molecule has 1 aliphatic heterocycles. The number of amides is 1. The fourth-order valence-corrected chi connectivity index (χ4v) is 3.41. The monoisotopic (exact) mass is 342 g/mol. The quantitative estimate of drug-likeness (QED) is 0.876. The molecule has 1 aromatic heterocycles. The van der Waals surface area contributed by atoms with Crippen molar-refractivity contribution >= 4 is 11.6 Å². The summed E-state index contributed by atoms with van der Waals surface area (Å²) in [7, 11) is 3.56. The molecule has 25 heavy (non-hydrogen) atoms. The molecule has 0 spiro atoms. The highest BCUT2D eigenvalue weighted by atomic mass is 16.5. The Labute approximate surface area is 148 Å². The second-order valence-electron chi connectivity index (χ2n) is 6.77. The van der Waals surface area contributed by atoms with E-state index >= 15 is 0 Å². The van der Waals surface area contributed by atoms with Crippen LogP contribution in [0.2, 0.25) is 0 Å². The minimum atomic E-state index is 0.123. The van der Waals surface area contributed by atoms with Gasteiger partial charge in [0.05, 0.1) is 18.4 Å². The molecule has 3 rings (SSSR count). The van der Waals surface area contributed by atoms with E-state index in [9.17, 15) is 4.79 Å². The Kier molecular flexibility index (Phi) is 5.08. The lowest BCUT2D eigenvalue weighted by atomic mass is 10.1. The molecule has 1 aromatic carbocycles. The zero-order chi connectivity index (χ0) is 18.0. The number of aryl methyl sites for hydroxylation is 1. The Morgan fingerprint density at radius 1 is 1.32 bits per heavy atom. The summed E-state index contributed by atoms with van der Waals surface area (Å²) in [6, 6.07) is 9.94. The van der Waals surface area contributed by atoms with Gasteiger partial charge < -0.3 is 15.0 Å². The normalized spacial score (nSPS) is 17.6. The topological polar surface area (TPSA) is 59.4 Å². The van der Waals surface area contributed by atoms with Gasteiger partial charge in [0, 0.05) is 38.3 Å². The molecule has 1 N–H and O–H groups in total. The van der Waals surface area contributed by atoms with Gasteiger partial charge in [0.1, 0.15) is 0 Å². The number of anilines is 1. The molecule has 6 nitrogen and oxygen atoms in total. The summed E-state index contributed by atoms with van der Waals surface area (Å²) >= 11 is 0. The molecule has 6 heteroatoms. The van der Waals surface area contributed by atoms with Gasteiger partial charge in [-0.25, -0.2) is 4.68 Å². The average molecular weight is 342 g/mol. The highest BCUT2D eigenvalue weighted by Crippen LogP contribution is 2.28. The first kappa shape index (κ1) is 17.5. The molecule has 2 heterocycles. The SMILES string of the molecule is COc1c(CN[C@H]2CC(=O)N(c3ccccc3)C2)c(C(C)C)nn1C. The molecule has 1 amide bonds. The third kappa shape index (κ3) is 3.54. The zero-order valence-electron chi connectivity index (χ0n) is 15.3. The second kappa shape index (κ2) is 7.27. The number of hydrogen-bond donors (Lipinski definition) is 1. The van der Waals surface area contributed by atoms with E-state index in [1.807, 2.05) is 42.3 Å². The number of benzene rings is 1. The summed E-state index contributed by atoms with van der Waals surface area (Å²) in [4.78, 5) is 14.2. The van der Waals surface area contributed by atoms with Gasteiger partial charge in [-0.3, -0.25) is 4.79 Å². The predicted molar refractivity (Wildman–Crippen MR) is 97.9 cm³/mol. The van der Waals surface area contributed by atoms with E-state index in [0.29, 0.717) is 25.4 Å². The Morgan fingerprint density at radius 3 is 2.68 bits per heavy atom. The second-order valence-corrected chi connectivity index (χ2v) is 6.77. The number of nitrogens with zero attached hydrogens (tertiary/aromatic N) is 3. The van der Waals surface area contributed by atoms with E-state index in [4.69, 9.17) is 4.74 Å². The lowest BCUT2D eigenvalue weighted by Crippen LogP contribution is -2.32. The Hall–Kier alpha value is -2.34. The number of aromatic nitrogens is 2.